The summed E-state index contributed by atoms with van der Waals surface area (Å²) in [5.74, 6) is 0.813. The van der Waals surface area contributed by atoms with Crippen LogP contribution in [0.5, 0.6) is 0 Å². The zero-order valence-electron chi connectivity index (χ0n) is 11.0. The van der Waals surface area contributed by atoms with E-state index in [0.717, 1.165) is 22.9 Å². The van der Waals surface area contributed by atoms with Gasteiger partial charge >= 0.3 is 0 Å². The Labute approximate surface area is 119 Å². The second kappa shape index (κ2) is 4.71. The van der Waals surface area contributed by atoms with Crippen LogP contribution in [0.2, 0.25) is 0 Å². The van der Waals surface area contributed by atoms with Crippen molar-refractivity contribution in [2.45, 2.75) is 0 Å². The lowest BCUT2D eigenvalue weighted by Gasteiger charge is -2.09. The summed E-state index contributed by atoms with van der Waals surface area (Å²) in [7, 11) is 0. The lowest BCUT2D eigenvalue weighted by molar-refractivity contribution is 1.01. The first-order valence-corrected chi connectivity index (χ1v) is 6.40. The van der Waals surface area contributed by atoms with Crippen LogP contribution in [0.3, 0.4) is 0 Å². The van der Waals surface area contributed by atoms with Gasteiger partial charge in [0.25, 0.3) is 0 Å². The Kier molecular flexibility index (Phi) is 2.60. The standard InChI is InChI=1S/C14H11N7/c1-2-11(20-9-17-18-10-20)8-12(3-1)21-7-6-15-14(21)13-4-5-16-19-13/h1-10H,(H,16,19). The van der Waals surface area contributed by atoms with Crippen LogP contribution >= 0.6 is 0 Å². The molecule has 1 N–H and O–H groups in total. The quantitative estimate of drug-likeness (QED) is 0.620. The molecule has 0 spiro atoms. The number of nitrogens with zero attached hydrogens (tertiary/aromatic N) is 6. The van der Waals surface area contributed by atoms with Crippen LogP contribution in [0.15, 0.2) is 61.6 Å². The largest absolute Gasteiger partial charge is 0.298 e. The monoisotopic (exact) mass is 277 g/mol. The molecule has 0 unspecified atom stereocenters. The van der Waals surface area contributed by atoms with Gasteiger partial charge in [-0.3, -0.25) is 14.2 Å². The Morgan fingerprint density at radius 1 is 0.952 bits per heavy atom. The third-order valence-electron chi connectivity index (χ3n) is 3.21. The molecule has 0 saturated heterocycles. The van der Waals surface area contributed by atoms with E-state index in [0.29, 0.717) is 0 Å². The maximum atomic E-state index is 4.39. The van der Waals surface area contributed by atoms with Crippen LogP contribution in [-0.2, 0) is 0 Å². The average Bonchev–Trinajstić information content (AvgIpc) is 3.26. The Hall–Kier alpha value is -3.22. The number of aromatic nitrogens is 7. The first kappa shape index (κ1) is 11.6. The average molecular weight is 277 g/mol. The highest BCUT2D eigenvalue weighted by Gasteiger charge is 2.09. The maximum Gasteiger partial charge on any atom is 0.162 e. The highest BCUT2D eigenvalue weighted by Crippen LogP contribution is 2.21. The molecule has 0 saturated carbocycles. The lowest BCUT2D eigenvalue weighted by atomic mass is 10.2. The second-order valence-corrected chi connectivity index (χ2v) is 4.48. The fraction of sp³-hybridized carbons (Fsp3) is 0. The molecule has 7 nitrogen and oxygen atoms in total. The van der Waals surface area contributed by atoms with E-state index < -0.39 is 0 Å². The molecule has 0 radical (unpaired) electrons. The molecule has 102 valence electrons. The first-order valence-electron chi connectivity index (χ1n) is 6.40. The highest BCUT2D eigenvalue weighted by molar-refractivity contribution is 5.55. The number of nitrogens with one attached hydrogen (secondary N) is 1. The van der Waals surface area contributed by atoms with Gasteiger partial charge in [0.2, 0.25) is 0 Å². The van der Waals surface area contributed by atoms with E-state index in [1.54, 1.807) is 25.0 Å². The van der Waals surface area contributed by atoms with Crippen molar-refractivity contribution in [3.63, 3.8) is 0 Å². The molecule has 0 aliphatic carbocycles. The van der Waals surface area contributed by atoms with Gasteiger partial charge < -0.3 is 0 Å². The van der Waals surface area contributed by atoms with Gasteiger partial charge in [-0.25, -0.2) is 4.98 Å². The molecular formula is C14H11N7. The van der Waals surface area contributed by atoms with Crippen molar-refractivity contribution < 1.29 is 0 Å². The summed E-state index contributed by atoms with van der Waals surface area (Å²) in [6, 6.07) is 9.95. The van der Waals surface area contributed by atoms with Crippen LogP contribution < -0.4 is 0 Å². The minimum Gasteiger partial charge on any atom is -0.298 e. The maximum absolute atomic E-state index is 4.39. The molecule has 4 aromatic rings. The summed E-state index contributed by atoms with van der Waals surface area (Å²) >= 11 is 0. The summed E-state index contributed by atoms with van der Waals surface area (Å²) in [4.78, 5) is 4.39. The smallest absolute Gasteiger partial charge is 0.162 e. The fourth-order valence-corrected chi connectivity index (χ4v) is 2.23. The van der Waals surface area contributed by atoms with E-state index in [4.69, 9.17) is 0 Å². The molecule has 0 bridgehead atoms. The molecule has 7 heteroatoms. The third-order valence-corrected chi connectivity index (χ3v) is 3.21. The second-order valence-electron chi connectivity index (χ2n) is 4.48. The van der Waals surface area contributed by atoms with Gasteiger partial charge in [-0.2, -0.15) is 5.10 Å². The minimum absolute atomic E-state index is 0.813. The molecule has 0 fully saturated rings. The van der Waals surface area contributed by atoms with Crippen LogP contribution in [0, 0.1) is 0 Å². The number of H-pyrrole nitrogens is 1. The zero-order chi connectivity index (χ0) is 14.1. The molecular weight excluding hydrogens is 266 g/mol. The molecule has 0 aliphatic rings. The van der Waals surface area contributed by atoms with Crippen LogP contribution in [0.1, 0.15) is 0 Å². The molecule has 21 heavy (non-hydrogen) atoms. The van der Waals surface area contributed by atoms with E-state index in [1.807, 2.05) is 45.7 Å². The van der Waals surface area contributed by atoms with Gasteiger partial charge in [0.1, 0.15) is 18.3 Å². The van der Waals surface area contributed by atoms with Gasteiger partial charge in [0.15, 0.2) is 5.82 Å². The van der Waals surface area contributed by atoms with Crippen molar-refractivity contribution in [1.29, 1.82) is 0 Å². The van der Waals surface area contributed by atoms with Crippen LogP contribution in [0.25, 0.3) is 22.9 Å². The Morgan fingerprint density at radius 2 is 1.81 bits per heavy atom. The first-order chi connectivity index (χ1) is 10.4. The number of imidazole rings is 1. The molecule has 0 atom stereocenters. The van der Waals surface area contributed by atoms with Gasteiger partial charge in [-0.15, -0.1) is 10.2 Å². The predicted octanol–water partition coefficient (Wildman–Crippen LogP) is 1.84. The molecule has 0 amide bonds. The van der Waals surface area contributed by atoms with E-state index in [2.05, 4.69) is 25.4 Å². The van der Waals surface area contributed by atoms with Crippen molar-refractivity contribution in [3.05, 3.63) is 61.6 Å². The predicted molar refractivity (Wildman–Crippen MR) is 76.1 cm³/mol. The van der Waals surface area contributed by atoms with Crippen molar-refractivity contribution in [2.24, 2.45) is 0 Å². The van der Waals surface area contributed by atoms with Gasteiger partial charge in [-0.05, 0) is 24.3 Å². The van der Waals surface area contributed by atoms with Crippen molar-refractivity contribution in [3.8, 4) is 22.9 Å². The van der Waals surface area contributed by atoms with Crippen molar-refractivity contribution >= 4 is 0 Å². The number of hydrogen-bond donors (Lipinski definition) is 1. The van der Waals surface area contributed by atoms with Crippen molar-refractivity contribution in [1.82, 2.24) is 34.5 Å². The minimum atomic E-state index is 0.813. The number of hydrogen-bond acceptors (Lipinski definition) is 4. The van der Waals surface area contributed by atoms with Gasteiger partial charge in [-0.1, -0.05) is 6.07 Å². The summed E-state index contributed by atoms with van der Waals surface area (Å²) < 4.78 is 3.86. The third kappa shape index (κ3) is 2.00. The summed E-state index contributed by atoms with van der Waals surface area (Å²) in [6.45, 7) is 0. The molecule has 4 rings (SSSR count). The topological polar surface area (TPSA) is 77.2 Å². The zero-order valence-corrected chi connectivity index (χ0v) is 11.0. The molecule has 3 aromatic heterocycles. The van der Waals surface area contributed by atoms with E-state index in [-0.39, 0.29) is 0 Å². The number of benzene rings is 1. The van der Waals surface area contributed by atoms with Crippen LogP contribution in [-0.4, -0.2) is 34.5 Å². The van der Waals surface area contributed by atoms with E-state index in [9.17, 15) is 0 Å². The van der Waals surface area contributed by atoms with Crippen molar-refractivity contribution in [2.75, 3.05) is 0 Å². The van der Waals surface area contributed by atoms with Gasteiger partial charge in [0, 0.05) is 24.3 Å². The summed E-state index contributed by atoms with van der Waals surface area (Å²) in [5, 5.41) is 14.6. The number of rotatable bonds is 3. The molecule has 3 heterocycles. The fourth-order valence-electron chi connectivity index (χ4n) is 2.23. The number of aromatic amines is 1. The Morgan fingerprint density at radius 3 is 2.62 bits per heavy atom. The Balaban J connectivity index is 1.82. The molecule has 0 aliphatic heterocycles. The highest BCUT2D eigenvalue weighted by atomic mass is 15.2. The summed E-state index contributed by atoms with van der Waals surface area (Å²) in [6.07, 6.45) is 8.73. The normalized spacial score (nSPS) is 10.9. The van der Waals surface area contributed by atoms with Gasteiger partial charge in [0.05, 0.1) is 5.69 Å². The SMILES string of the molecule is c1cc(-n2cnnc2)cc(-n2ccnc2-c2ccn[nH]2)c1. The lowest BCUT2D eigenvalue weighted by Crippen LogP contribution is -1.98. The van der Waals surface area contributed by atoms with Crippen LogP contribution in [0.4, 0.5) is 0 Å². The Bertz CT molecular complexity index is 843. The van der Waals surface area contributed by atoms with E-state index >= 15 is 0 Å². The summed E-state index contributed by atoms with van der Waals surface area (Å²) in [5.41, 5.74) is 2.86. The van der Waals surface area contributed by atoms with E-state index in [1.165, 1.54) is 0 Å². The molecule has 1 aromatic carbocycles.